The zero-order chi connectivity index (χ0) is 23.4. The lowest BCUT2D eigenvalue weighted by Crippen LogP contribution is -2.32. The van der Waals surface area contributed by atoms with Gasteiger partial charge in [-0.15, -0.1) is 0 Å². The van der Waals surface area contributed by atoms with E-state index in [1.807, 2.05) is 24.3 Å². The summed E-state index contributed by atoms with van der Waals surface area (Å²) in [6, 6.07) is 14.1. The summed E-state index contributed by atoms with van der Waals surface area (Å²) in [5.74, 6) is -0.763. The summed E-state index contributed by atoms with van der Waals surface area (Å²) < 4.78 is 27.4. The number of hydrogen-bond acceptors (Lipinski definition) is 4. The summed E-state index contributed by atoms with van der Waals surface area (Å²) in [6.45, 7) is 3.51. The lowest BCUT2D eigenvalue weighted by atomic mass is 10.1. The molecule has 1 atom stereocenters. The van der Waals surface area contributed by atoms with Crippen LogP contribution in [0.25, 0.3) is 0 Å². The predicted molar refractivity (Wildman–Crippen MR) is 129 cm³/mol. The third-order valence-corrected chi connectivity index (χ3v) is 8.39. The molecule has 1 N–H and O–H groups in total. The standard InChI is InChI=1S/C25H31N3O4S/c1-2-19-7-11-22(12-8-19)28-18-20(17-24(28)29)25(30)26-21-9-13-23(14-10-21)33(31,32)27-15-5-3-4-6-16-27/h7-14,20H,2-6,15-18H2,1H3,(H,26,30)/t20-/m0/s1. The fourth-order valence-electron chi connectivity index (χ4n) is 4.43. The molecule has 7 nitrogen and oxygen atoms in total. The fourth-order valence-corrected chi connectivity index (χ4v) is 5.95. The van der Waals surface area contributed by atoms with Crippen LogP contribution in [0.5, 0.6) is 0 Å². The molecular formula is C25H31N3O4S. The molecule has 0 aliphatic carbocycles. The van der Waals surface area contributed by atoms with Crippen molar-refractivity contribution in [1.29, 1.82) is 0 Å². The minimum absolute atomic E-state index is 0.0710. The SMILES string of the molecule is CCc1ccc(N2C[C@@H](C(=O)Nc3ccc(S(=O)(=O)N4CCCCCC4)cc3)CC2=O)cc1. The highest BCUT2D eigenvalue weighted by Crippen LogP contribution is 2.27. The molecule has 0 unspecified atom stereocenters. The Morgan fingerprint density at radius 1 is 0.970 bits per heavy atom. The minimum atomic E-state index is -3.53. The van der Waals surface area contributed by atoms with Gasteiger partial charge >= 0.3 is 0 Å². The molecule has 2 aromatic rings. The van der Waals surface area contributed by atoms with Crippen LogP contribution in [0.15, 0.2) is 53.4 Å². The molecule has 2 heterocycles. The smallest absolute Gasteiger partial charge is 0.243 e. The number of carbonyl (C=O) groups excluding carboxylic acids is 2. The first-order valence-corrected chi connectivity index (χ1v) is 13.1. The van der Waals surface area contributed by atoms with Gasteiger partial charge in [-0.3, -0.25) is 9.59 Å². The van der Waals surface area contributed by atoms with E-state index in [-0.39, 0.29) is 23.1 Å². The van der Waals surface area contributed by atoms with Crippen molar-refractivity contribution < 1.29 is 18.0 Å². The molecule has 0 spiro atoms. The van der Waals surface area contributed by atoms with Gasteiger partial charge in [-0.1, -0.05) is 31.9 Å². The van der Waals surface area contributed by atoms with Gasteiger partial charge in [0, 0.05) is 37.4 Å². The molecule has 2 aliphatic heterocycles. The van der Waals surface area contributed by atoms with Gasteiger partial charge in [0.15, 0.2) is 0 Å². The number of anilines is 2. The lowest BCUT2D eigenvalue weighted by molar-refractivity contribution is -0.122. The van der Waals surface area contributed by atoms with Gasteiger partial charge in [-0.05, 0) is 61.2 Å². The van der Waals surface area contributed by atoms with Crippen molar-refractivity contribution in [2.24, 2.45) is 5.92 Å². The molecule has 0 radical (unpaired) electrons. The number of nitrogens with one attached hydrogen (secondary N) is 1. The Labute approximate surface area is 195 Å². The third-order valence-electron chi connectivity index (χ3n) is 6.48. The van der Waals surface area contributed by atoms with Crippen LogP contribution in [0, 0.1) is 5.92 Å². The molecule has 0 bridgehead atoms. The van der Waals surface area contributed by atoms with Gasteiger partial charge in [0.05, 0.1) is 10.8 Å². The quantitative estimate of drug-likeness (QED) is 0.697. The van der Waals surface area contributed by atoms with Crippen molar-refractivity contribution in [3.63, 3.8) is 0 Å². The Bertz CT molecular complexity index is 1090. The van der Waals surface area contributed by atoms with E-state index in [9.17, 15) is 18.0 Å². The largest absolute Gasteiger partial charge is 0.326 e. The fraction of sp³-hybridized carbons (Fsp3) is 0.440. The first kappa shape index (κ1) is 23.4. The number of sulfonamides is 1. The second-order valence-electron chi connectivity index (χ2n) is 8.76. The first-order chi connectivity index (χ1) is 15.9. The zero-order valence-corrected chi connectivity index (χ0v) is 19.8. The van der Waals surface area contributed by atoms with E-state index in [0.29, 0.717) is 25.3 Å². The molecule has 8 heteroatoms. The van der Waals surface area contributed by atoms with Crippen molar-refractivity contribution in [1.82, 2.24) is 4.31 Å². The molecule has 176 valence electrons. The van der Waals surface area contributed by atoms with Crippen molar-refractivity contribution in [3.05, 3.63) is 54.1 Å². The minimum Gasteiger partial charge on any atom is -0.326 e. The Morgan fingerprint density at radius 3 is 2.21 bits per heavy atom. The highest BCUT2D eigenvalue weighted by atomic mass is 32.2. The van der Waals surface area contributed by atoms with Crippen LogP contribution >= 0.6 is 0 Å². The number of nitrogens with zero attached hydrogens (tertiary/aromatic N) is 2. The van der Waals surface area contributed by atoms with Crippen LogP contribution in [0.3, 0.4) is 0 Å². The zero-order valence-electron chi connectivity index (χ0n) is 19.0. The van der Waals surface area contributed by atoms with E-state index in [4.69, 9.17) is 0 Å². The van der Waals surface area contributed by atoms with Crippen LogP contribution in [0.1, 0.15) is 44.6 Å². The Kier molecular flexibility index (Phi) is 7.14. The third kappa shape index (κ3) is 5.28. The van der Waals surface area contributed by atoms with E-state index in [2.05, 4.69) is 12.2 Å². The average molecular weight is 470 g/mol. The number of hydrogen-bond donors (Lipinski definition) is 1. The molecule has 0 aromatic heterocycles. The summed E-state index contributed by atoms with van der Waals surface area (Å²) in [5.41, 5.74) is 2.52. The molecule has 2 aliphatic rings. The molecule has 0 saturated carbocycles. The molecule has 2 amide bonds. The Morgan fingerprint density at radius 2 is 1.61 bits per heavy atom. The van der Waals surface area contributed by atoms with E-state index in [1.165, 1.54) is 17.7 Å². The number of benzene rings is 2. The number of carbonyl (C=O) groups is 2. The molecule has 2 saturated heterocycles. The predicted octanol–water partition coefficient (Wildman–Crippen LogP) is 3.81. The molecule has 2 aromatic carbocycles. The van der Waals surface area contributed by atoms with Gasteiger partial charge in [-0.2, -0.15) is 4.31 Å². The highest BCUT2D eigenvalue weighted by Gasteiger charge is 2.35. The highest BCUT2D eigenvalue weighted by molar-refractivity contribution is 7.89. The second kappa shape index (κ2) is 10.1. The van der Waals surface area contributed by atoms with Crippen LogP contribution in [0.2, 0.25) is 0 Å². The van der Waals surface area contributed by atoms with E-state index in [1.54, 1.807) is 21.3 Å². The molecule has 2 fully saturated rings. The monoisotopic (exact) mass is 469 g/mol. The molecular weight excluding hydrogens is 438 g/mol. The van der Waals surface area contributed by atoms with Gasteiger partial charge in [0.25, 0.3) is 0 Å². The topological polar surface area (TPSA) is 86.8 Å². The van der Waals surface area contributed by atoms with Crippen LogP contribution < -0.4 is 10.2 Å². The number of amides is 2. The first-order valence-electron chi connectivity index (χ1n) is 11.7. The maximum absolute atomic E-state index is 12.9. The number of aryl methyl sites for hydroxylation is 1. The second-order valence-corrected chi connectivity index (χ2v) is 10.7. The van der Waals surface area contributed by atoms with Gasteiger partial charge in [0.1, 0.15) is 0 Å². The van der Waals surface area contributed by atoms with Crippen molar-refractivity contribution in [2.45, 2.75) is 50.3 Å². The van der Waals surface area contributed by atoms with Gasteiger partial charge in [-0.25, -0.2) is 8.42 Å². The van der Waals surface area contributed by atoms with E-state index < -0.39 is 15.9 Å². The van der Waals surface area contributed by atoms with E-state index >= 15 is 0 Å². The maximum Gasteiger partial charge on any atom is 0.243 e. The van der Waals surface area contributed by atoms with Crippen molar-refractivity contribution >= 4 is 33.2 Å². The summed E-state index contributed by atoms with van der Waals surface area (Å²) in [6.07, 6.45) is 4.96. The summed E-state index contributed by atoms with van der Waals surface area (Å²) in [7, 11) is -3.53. The van der Waals surface area contributed by atoms with Crippen LogP contribution in [-0.2, 0) is 26.0 Å². The Balaban J connectivity index is 1.39. The number of rotatable bonds is 6. The van der Waals surface area contributed by atoms with Crippen molar-refractivity contribution in [3.8, 4) is 0 Å². The van der Waals surface area contributed by atoms with Gasteiger partial charge < -0.3 is 10.2 Å². The maximum atomic E-state index is 12.9. The summed E-state index contributed by atoms with van der Waals surface area (Å²) >= 11 is 0. The van der Waals surface area contributed by atoms with E-state index in [0.717, 1.165) is 37.8 Å². The normalized spacial score (nSPS) is 20.0. The summed E-state index contributed by atoms with van der Waals surface area (Å²) in [5, 5.41) is 2.84. The van der Waals surface area contributed by atoms with Gasteiger partial charge in [0.2, 0.25) is 21.8 Å². The summed E-state index contributed by atoms with van der Waals surface area (Å²) in [4.78, 5) is 27.2. The van der Waals surface area contributed by atoms with Crippen LogP contribution in [-0.4, -0.2) is 44.2 Å². The Hall–Kier alpha value is -2.71. The van der Waals surface area contributed by atoms with Crippen molar-refractivity contribution in [2.75, 3.05) is 29.9 Å². The molecule has 4 rings (SSSR count). The average Bonchev–Trinajstić information content (AvgIpc) is 3.02. The lowest BCUT2D eigenvalue weighted by Gasteiger charge is -2.20. The molecule has 33 heavy (non-hydrogen) atoms. The van der Waals surface area contributed by atoms with Crippen LogP contribution in [0.4, 0.5) is 11.4 Å².